The van der Waals surface area contributed by atoms with Crippen molar-refractivity contribution in [1.29, 1.82) is 0 Å². The summed E-state index contributed by atoms with van der Waals surface area (Å²) in [5.74, 6) is -2.58. The van der Waals surface area contributed by atoms with Gasteiger partial charge in [-0.3, -0.25) is 9.59 Å². The van der Waals surface area contributed by atoms with Crippen LogP contribution in [0, 0.1) is 0 Å². The van der Waals surface area contributed by atoms with Crippen molar-refractivity contribution in [2.75, 3.05) is 14.2 Å². The number of methoxy groups -OCH3 is 1. The Bertz CT molecular complexity index is 497. The molecule has 0 aromatic heterocycles. The zero-order valence-electron chi connectivity index (χ0n) is 10.1. The van der Waals surface area contributed by atoms with Crippen LogP contribution in [0.3, 0.4) is 0 Å². The third-order valence-electron chi connectivity index (χ3n) is 3.15. The molecule has 1 aliphatic heterocycles. The highest BCUT2D eigenvalue weighted by Gasteiger charge is 2.50. The lowest BCUT2D eigenvalue weighted by molar-refractivity contribution is -0.148. The highest BCUT2D eigenvalue weighted by molar-refractivity contribution is 6.41. The van der Waals surface area contributed by atoms with E-state index in [2.05, 4.69) is 4.74 Å². The van der Waals surface area contributed by atoms with Gasteiger partial charge in [-0.25, -0.2) is 4.79 Å². The van der Waals surface area contributed by atoms with E-state index in [1.54, 1.807) is 24.3 Å². The summed E-state index contributed by atoms with van der Waals surface area (Å²) in [6.07, 6.45) is 0. The Morgan fingerprint density at radius 3 is 2.39 bits per heavy atom. The second kappa shape index (κ2) is 4.60. The van der Waals surface area contributed by atoms with Crippen molar-refractivity contribution < 1.29 is 19.1 Å². The largest absolute Gasteiger partial charge is 0.467 e. The van der Waals surface area contributed by atoms with Gasteiger partial charge in [-0.2, -0.15) is 0 Å². The fourth-order valence-electron chi connectivity index (χ4n) is 2.21. The van der Waals surface area contributed by atoms with Gasteiger partial charge in [0.25, 0.3) is 5.91 Å². The molecule has 0 aliphatic carbocycles. The second-order valence-corrected chi connectivity index (χ2v) is 4.14. The molecule has 2 atom stereocenters. The fourth-order valence-corrected chi connectivity index (χ4v) is 2.21. The first-order valence-electron chi connectivity index (χ1n) is 5.51. The van der Waals surface area contributed by atoms with E-state index in [0.717, 1.165) is 4.90 Å². The number of carbonyl (C=O) groups is 3. The molecular weight excluding hydrogens is 234 g/mol. The minimum atomic E-state index is -0.877. The number of rotatable bonds is 2. The number of benzene rings is 1. The lowest BCUT2D eigenvalue weighted by Crippen LogP contribution is -2.38. The minimum Gasteiger partial charge on any atom is -0.467 e. The maximum absolute atomic E-state index is 11.9. The molecule has 0 N–H and O–H groups in total. The molecule has 0 spiro atoms. The Morgan fingerprint density at radius 2 is 1.83 bits per heavy atom. The van der Waals surface area contributed by atoms with Crippen molar-refractivity contribution in [2.45, 2.75) is 12.0 Å². The van der Waals surface area contributed by atoms with Crippen LogP contribution in [-0.4, -0.2) is 42.8 Å². The zero-order chi connectivity index (χ0) is 13.3. The first-order valence-corrected chi connectivity index (χ1v) is 5.51. The van der Waals surface area contributed by atoms with E-state index in [1.807, 2.05) is 6.07 Å². The van der Waals surface area contributed by atoms with Crippen molar-refractivity contribution >= 4 is 17.7 Å². The van der Waals surface area contributed by atoms with Crippen LogP contribution in [0.5, 0.6) is 0 Å². The zero-order valence-corrected chi connectivity index (χ0v) is 10.1. The molecule has 2 rings (SSSR count). The van der Waals surface area contributed by atoms with Crippen molar-refractivity contribution in [3.63, 3.8) is 0 Å². The molecule has 5 heteroatoms. The normalized spacial score (nSPS) is 23.3. The van der Waals surface area contributed by atoms with E-state index in [0.29, 0.717) is 5.56 Å². The molecule has 1 heterocycles. The standard InChI is InChI=1S/C13H13NO4/c1-14-10(13(17)18-2)9(11(15)12(14)16)8-6-4-3-5-7-8/h3-7,9-10H,1-2H3/t9?,10-/m0/s1. The number of hydrogen-bond donors (Lipinski definition) is 0. The van der Waals surface area contributed by atoms with Gasteiger partial charge >= 0.3 is 5.97 Å². The molecule has 1 aliphatic rings. The summed E-state index contributed by atoms with van der Waals surface area (Å²) < 4.78 is 4.67. The van der Waals surface area contributed by atoms with Crippen LogP contribution in [0.15, 0.2) is 30.3 Å². The highest BCUT2D eigenvalue weighted by atomic mass is 16.5. The average Bonchev–Trinajstić information content (AvgIpc) is 2.63. The molecular formula is C13H13NO4. The van der Waals surface area contributed by atoms with Gasteiger partial charge in [-0.05, 0) is 5.56 Å². The Kier molecular flexibility index (Phi) is 3.14. The summed E-state index contributed by atoms with van der Waals surface area (Å²) in [6, 6.07) is 7.91. The van der Waals surface area contributed by atoms with Crippen LogP contribution in [-0.2, 0) is 19.1 Å². The van der Waals surface area contributed by atoms with Gasteiger partial charge in [0.05, 0.1) is 13.0 Å². The number of likely N-dealkylation sites (tertiary alicyclic amines) is 1. The smallest absolute Gasteiger partial charge is 0.329 e. The summed E-state index contributed by atoms with van der Waals surface area (Å²) in [5.41, 5.74) is 0.649. The monoisotopic (exact) mass is 247 g/mol. The number of Topliss-reactive ketones (excluding diaryl/α,β-unsaturated/α-hetero) is 1. The van der Waals surface area contributed by atoms with Gasteiger partial charge in [0.15, 0.2) is 0 Å². The van der Waals surface area contributed by atoms with Crippen molar-refractivity contribution in [1.82, 2.24) is 4.90 Å². The highest BCUT2D eigenvalue weighted by Crippen LogP contribution is 2.31. The maximum Gasteiger partial charge on any atom is 0.329 e. The number of ketones is 1. The molecule has 5 nitrogen and oxygen atoms in total. The van der Waals surface area contributed by atoms with Gasteiger partial charge in [0.1, 0.15) is 6.04 Å². The first kappa shape index (κ1) is 12.3. The number of hydrogen-bond acceptors (Lipinski definition) is 4. The Balaban J connectivity index is 2.45. The number of carbonyl (C=O) groups excluding carboxylic acids is 3. The summed E-state index contributed by atoms with van der Waals surface area (Å²) in [6.45, 7) is 0. The third-order valence-corrected chi connectivity index (χ3v) is 3.15. The minimum absolute atomic E-state index is 0.570. The predicted octanol–water partition coefficient (Wildman–Crippen LogP) is 0.353. The lowest BCUT2D eigenvalue weighted by Gasteiger charge is -2.21. The number of ether oxygens (including phenoxy) is 1. The topological polar surface area (TPSA) is 63.7 Å². The first-order chi connectivity index (χ1) is 8.57. The molecule has 0 bridgehead atoms. The van der Waals surface area contributed by atoms with Gasteiger partial charge in [0.2, 0.25) is 5.78 Å². The molecule has 1 fully saturated rings. The van der Waals surface area contributed by atoms with Crippen LogP contribution >= 0.6 is 0 Å². The molecule has 1 amide bonds. The van der Waals surface area contributed by atoms with E-state index in [1.165, 1.54) is 14.2 Å². The van der Waals surface area contributed by atoms with E-state index in [-0.39, 0.29) is 0 Å². The molecule has 0 saturated carbocycles. The molecule has 94 valence electrons. The van der Waals surface area contributed by atoms with Gasteiger partial charge in [-0.15, -0.1) is 0 Å². The van der Waals surface area contributed by atoms with E-state index >= 15 is 0 Å². The van der Waals surface area contributed by atoms with E-state index in [9.17, 15) is 14.4 Å². The van der Waals surface area contributed by atoms with Gasteiger partial charge in [0, 0.05) is 7.05 Å². The fraction of sp³-hybridized carbons (Fsp3) is 0.308. The lowest BCUT2D eigenvalue weighted by atomic mass is 9.91. The number of amides is 1. The van der Waals surface area contributed by atoms with E-state index in [4.69, 9.17) is 0 Å². The number of nitrogens with zero attached hydrogens (tertiary/aromatic N) is 1. The summed E-state index contributed by atoms with van der Waals surface area (Å²) >= 11 is 0. The quantitative estimate of drug-likeness (QED) is 0.559. The molecule has 1 unspecified atom stereocenters. The van der Waals surface area contributed by atoms with Gasteiger partial charge < -0.3 is 9.64 Å². The second-order valence-electron chi connectivity index (χ2n) is 4.14. The molecule has 1 saturated heterocycles. The van der Waals surface area contributed by atoms with E-state index < -0.39 is 29.6 Å². The molecule has 0 radical (unpaired) electrons. The SMILES string of the molecule is COC(=O)[C@@H]1C(c2ccccc2)C(=O)C(=O)N1C. The predicted molar refractivity (Wildman–Crippen MR) is 62.8 cm³/mol. The summed E-state index contributed by atoms with van der Waals surface area (Å²) in [5, 5.41) is 0. The Hall–Kier alpha value is -2.17. The van der Waals surface area contributed by atoms with Crippen LogP contribution in [0.1, 0.15) is 11.5 Å². The maximum atomic E-state index is 11.9. The van der Waals surface area contributed by atoms with Crippen LogP contribution < -0.4 is 0 Å². The Morgan fingerprint density at radius 1 is 1.22 bits per heavy atom. The van der Waals surface area contributed by atoms with Crippen molar-refractivity contribution in [2.24, 2.45) is 0 Å². The average molecular weight is 247 g/mol. The Labute approximate surface area is 104 Å². The number of esters is 1. The van der Waals surface area contributed by atoms with Gasteiger partial charge in [-0.1, -0.05) is 30.3 Å². The van der Waals surface area contributed by atoms with Crippen LogP contribution in [0.25, 0.3) is 0 Å². The number of likely N-dealkylation sites (N-methyl/N-ethyl adjacent to an activating group) is 1. The third kappa shape index (κ3) is 1.77. The summed E-state index contributed by atoms with van der Waals surface area (Å²) in [7, 11) is 2.68. The van der Waals surface area contributed by atoms with Crippen molar-refractivity contribution in [3.05, 3.63) is 35.9 Å². The van der Waals surface area contributed by atoms with Crippen molar-refractivity contribution in [3.8, 4) is 0 Å². The summed E-state index contributed by atoms with van der Waals surface area (Å²) in [4.78, 5) is 36.5. The van der Waals surface area contributed by atoms with Crippen LogP contribution in [0.2, 0.25) is 0 Å². The van der Waals surface area contributed by atoms with Crippen LogP contribution in [0.4, 0.5) is 0 Å². The molecule has 18 heavy (non-hydrogen) atoms. The molecule has 1 aromatic carbocycles. The molecule has 1 aromatic rings.